The maximum Gasteiger partial charge on any atom is 0.0798 e. The minimum atomic E-state index is -1.27. The summed E-state index contributed by atoms with van der Waals surface area (Å²) in [5.74, 6) is -0.679. The predicted molar refractivity (Wildman–Crippen MR) is 209 cm³/mol. The molecule has 0 spiro atoms. The Balaban J connectivity index is 0.000000204. The van der Waals surface area contributed by atoms with Gasteiger partial charge < -0.3 is 9.97 Å². The van der Waals surface area contributed by atoms with E-state index in [1.807, 2.05) is 57.2 Å². The van der Waals surface area contributed by atoms with E-state index in [0.717, 1.165) is 39.3 Å². The van der Waals surface area contributed by atoms with Crippen molar-refractivity contribution in [3.8, 4) is 22.5 Å². The monoisotopic (exact) mass is 851 g/mol. The van der Waals surface area contributed by atoms with E-state index in [1.165, 1.54) is 47.1 Å². The third kappa shape index (κ3) is 6.76. The number of aryl methyl sites for hydroxylation is 2. The fraction of sp³-hybridized carbons (Fsp3) is 0.186. The first-order valence-electron chi connectivity index (χ1n) is 16.9. The van der Waals surface area contributed by atoms with Crippen LogP contribution < -0.4 is 5.19 Å². The largest absolute Gasteiger partial charge is 0.305 e. The zero-order chi connectivity index (χ0) is 34.5. The van der Waals surface area contributed by atoms with Gasteiger partial charge in [0.25, 0.3) is 0 Å². The van der Waals surface area contributed by atoms with Gasteiger partial charge in [-0.1, -0.05) is 86.4 Å². The molecule has 8 aromatic rings. The molecule has 4 aromatic carbocycles. The molecule has 0 unspecified atom stereocenters. The molecule has 0 amide bonds. The number of benzene rings is 4. The van der Waals surface area contributed by atoms with Crippen LogP contribution in [0.2, 0.25) is 19.6 Å². The molecule has 49 heavy (non-hydrogen) atoms. The van der Waals surface area contributed by atoms with E-state index in [-0.39, 0.29) is 20.1 Å². The summed E-state index contributed by atoms with van der Waals surface area (Å²) in [6, 6.07) is 37.8. The molecular weight excluding hydrogens is 811 g/mol. The first-order valence-corrected chi connectivity index (χ1v) is 20.7. The second-order valence-electron chi connectivity index (χ2n) is 13.6. The van der Waals surface area contributed by atoms with E-state index in [9.17, 15) is 0 Å². The quantitative estimate of drug-likeness (QED) is 0.101. The molecule has 0 bridgehead atoms. The molecule has 0 N–H and O–H groups in total. The summed E-state index contributed by atoms with van der Waals surface area (Å²) in [5, 5.41) is 7.53. The standard InChI is InChI=1S/C28H21N2S.C15H18NSi.Ir/c1-16(2)18-13-14-29-24(15-18)21-9-6-10-22-25-19-7-4-5-8-20(19)26-23(12-11-17(3)30-26)28(25)31-27(21)22;1-12-10-14(13-8-6-5-7-9-13)16-11-15(12)17(2,3)4;/h4-8,10-16H,1-3H3;5-8,10-11H,1-4H3;/q2*-1;/i16D;;. The molecular formula is C43H39IrN3SSi-2. The summed E-state index contributed by atoms with van der Waals surface area (Å²) < 4.78 is 10.9. The van der Waals surface area contributed by atoms with Crippen LogP contribution in [0.15, 0.2) is 103 Å². The van der Waals surface area contributed by atoms with Crippen LogP contribution in [0.5, 0.6) is 0 Å². The van der Waals surface area contributed by atoms with Crippen LogP contribution in [0.4, 0.5) is 0 Å². The summed E-state index contributed by atoms with van der Waals surface area (Å²) in [4.78, 5) is 14.1. The first-order chi connectivity index (χ1) is 23.4. The van der Waals surface area contributed by atoms with Crippen LogP contribution in [0, 0.1) is 26.0 Å². The minimum Gasteiger partial charge on any atom is -0.305 e. The SMILES string of the molecule is Cc1cc(-c2[c-]cccc2)ncc1[Si](C)(C)C.[2H]C(C)(C)c1ccnc(-c2[c-]ccc3c2sc2c4ccc(C)nc4c4ccccc4c32)c1.[Ir]. The number of hydrogen-bond donors (Lipinski definition) is 0. The fourth-order valence-electron chi connectivity index (χ4n) is 6.48. The summed E-state index contributed by atoms with van der Waals surface area (Å²) in [5.41, 5.74) is 8.32. The summed E-state index contributed by atoms with van der Waals surface area (Å²) in [6.07, 6.45) is 3.86. The topological polar surface area (TPSA) is 38.7 Å². The average molecular weight is 851 g/mol. The number of thiophene rings is 1. The van der Waals surface area contributed by atoms with Gasteiger partial charge in [-0.2, -0.15) is 11.3 Å². The molecule has 3 nitrogen and oxygen atoms in total. The van der Waals surface area contributed by atoms with Crippen molar-refractivity contribution in [3.05, 3.63) is 132 Å². The van der Waals surface area contributed by atoms with Crippen molar-refractivity contribution in [1.29, 1.82) is 0 Å². The number of aromatic nitrogens is 3. The van der Waals surface area contributed by atoms with Gasteiger partial charge in [-0.3, -0.25) is 4.98 Å². The van der Waals surface area contributed by atoms with E-state index in [1.54, 1.807) is 17.5 Å². The molecule has 6 heteroatoms. The maximum absolute atomic E-state index is 8.44. The average Bonchev–Trinajstić information content (AvgIpc) is 3.48. The molecule has 0 fully saturated rings. The zero-order valence-corrected chi connectivity index (χ0v) is 33.1. The molecule has 4 aromatic heterocycles. The smallest absolute Gasteiger partial charge is 0.0798 e. The third-order valence-corrected chi connectivity index (χ3v) is 12.3. The Morgan fingerprint density at radius 3 is 2.24 bits per heavy atom. The van der Waals surface area contributed by atoms with Crippen molar-refractivity contribution in [2.45, 2.75) is 53.2 Å². The molecule has 0 saturated carbocycles. The summed E-state index contributed by atoms with van der Waals surface area (Å²) in [6.45, 7) is 15.1. The number of pyridine rings is 3. The minimum absolute atomic E-state index is 0. The molecule has 0 atom stereocenters. The normalized spacial score (nSPS) is 12.1. The summed E-state index contributed by atoms with van der Waals surface area (Å²) in [7, 11) is -1.27. The Morgan fingerprint density at radius 2 is 1.53 bits per heavy atom. The van der Waals surface area contributed by atoms with Crippen LogP contribution in [0.25, 0.3) is 64.4 Å². The molecule has 1 radical (unpaired) electrons. The van der Waals surface area contributed by atoms with Crippen LogP contribution in [-0.2, 0) is 20.1 Å². The van der Waals surface area contributed by atoms with E-state index in [4.69, 9.17) is 6.35 Å². The molecule has 0 aliphatic heterocycles. The first kappa shape index (κ1) is 33.4. The Hall–Kier alpha value is -4.06. The Bertz CT molecular complexity index is 2500. The second kappa shape index (κ2) is 14.0. The van der Waals surface area contributed by atoms with E-state index >= 15 is 0 Å². The second-order valence-corrected chi connectivity index (χ2v) is 19.7. The van der Waals surface area contributed by atoms with Gasteiger partial charge in [0.15, 0.2) is 0 Å². The third-order valence-electron chi connectivity index (χ3n) is 8.88. The van der Waals surface area contributed by atoms with E-state index < -0.39 is 14.0 Å². The molecule has 0 aliphatic rings. The van der Waals surface area contributed by atoms with Gasteiger partial charge >= 0.3 is 0 Å². The van der Waals surface area contributed by atoms with Gasteiger partial charge in [0, 0.05) is 55.0 Å². The zero-order valence-electron chi connectivity index (χ0n) is 29.9. The Labute approximate surface area is 309 Å². The number of hydrogen-bond acceptors (Lipinski definition) is 4. The Kier molecular flexibility index (Phi) is 9.58. The van der Waals surface area contributed by atoms with Gasteiger partial charge in [-0.15, -0.1) is 59.7 Å². The van der Waals surface area contributed by atoms with Crippen LogP contribution in [0.3, 0.4) is 0 Å². The molecule has 4 heterocycles. The van der Waals surface area contributed by atoms with Gasteiger partial charge in [0.2, 0.25) is 0 Å². The van der Waals surface area contributed by atoms with E-state index in [0.29, 0.717) is 0 Å². The van der Waals surface area contributed by atoms with Gasteiger partial charge in [-0.05, 0) is 70.0 Å². The predicted octanol–water partition coefficient (Wildman–Crippen LogP) is 11.4. The van der Waals surface area contributed by atoms with Gasteiger partial charge in [-0.25, -0.2) is 0 Å². The van der Waals surface area contributed by atoms with Crippen LogP contribution in [0.1, 0.15) is 37.9 Å². The number of rotatable bonds is 4. The van der Waals surface area contributed by atoms with Crippen molar-refractivity contribution in [2.24, 2.45) is 0 Å². The molecule has 8 rings (SSSR count). The van der Waals surface area contributed by atoms with Crippen LogP contribution >= 0.6 is 11.3 Å². The Morgan fingerprint density at radius 1 is 0.755 bits per heavy atom. The van der Waals surface area contributed by atoms with Crippen molar-refractivity contribution < 1.29 is 21.5 Å². The number of fused-ring (bicyclic) bond motifs is 8. The fourth-order valence-corrected chi connectivity index (χ4v) is 9.54. The van der Waals surface area contributed by atoms with Crippen molar-refractivity contribution in [1.82, 2.24) is 15.0 Å². The molecule has 0 aliphatic carbocycles. The van der Waals surface area contributed by atoms with Crippen molar-refractivity contribution in [3.63, 3.8) is 0 Å². The van der Waals surface area contributed by atoms with Crippen LogP contribution in [-0.4, -0.2) is 23.0 Å². The van der Waals surface area contributed by atoms with Gasteiger partial charge in [0.05, 0.1) is 13.6 Å². The molecule has 0 saturated heterocycles. The summed E-state index contributed by atoms with van der Waals surface area (Å²) >= 11 is 1.79. The number of nitrogens with zero attached hydrogens (tertiary/aromatic N) is 3. The van der Waals surface area contributed by atoms with Crippen molar-refractivity contribution in [2.75, 3.05) is 0 Å². The molecule has 247 valence electrons. The van der Waals surface area contributed by atoms with Crippen molar-refractivity contribution >= 4 is 66.4 Å². The van der Waals surface area contributed by atoms with E-state index in [2.05, 4.69) is 109 Å². The van der Waals surface area contributed by atoms with Gasteiger partial charge in [0.1, 0.15) is 0 Å². The maximum atomic E-state index is 8.44.